The molecule has 0 amide bonds. The summed E-state index contributed by atoms with van der Waals surface area (Å²) in [6, 6.07) is 9.48. The van der Waals surface area contributed by atoms with Gasteiger partial charge < -0.3 is 15.0 Å². The number of aryl methyl sites for hydroxylation is 2. The Labute approximate surface area is 205 Å². The molecule has 2 aromatic carbocycles. The molecule has 2 aromatic heterocycles. The molecule has 1 aliphatic heterocycles. The van der Waals surface area contributed by atoms with Gasteiger partial charge in [-0.05, 0) is 45.0 Å². The van der Waals surface area contributed by atoms with Crippen LogP contribution in [0.3, 0.4) is 0 Å². The maximum atomic E-state index is 13.0. The topological polar surface area (TPSA) is 85.2 Å². The molecule has 5 rings (SSSR count). The van der Waals surface area contributed by atoms with Crippen molar-refractivity contribution in [3.63, 3.8) is 0 Å². The zero-order valence-electron chi connectivity index (χ0n) is 20.2. The number of halogens is 3. The second kappa shape index (κ2) is 8.74. The number of carbonyl (C=O) groups excluding carboxylic acids is 1. The highest BCUT2D eigenvalue weighted by atomic mass is 19.4. The van der Waals surface area contributed by atoms with E-state index in [2.05, 4.69) is 39.1 Å². The van der Waals surface area contributed by atoms with Crippen molar-refractivity contribution in [1.29, 1.82) is 0 Å². The zero-order valence-corrected chi connectivity index (χ0v) is 20.2. The van der Waals surface area contributed by atoms with E-state index in [1.54, 1.807) is 19.3 Å². The van der Waals surface area contributed by atoms with Crippen LogP contribution in [0, 0.1) is 6.92 Å². The van der Waals surface area contributed by atoms with Crippen molar-refractivity contribution in [3.05, 3.63) is 42.2 Å². The third kappa shape index (κ3) is 4.58. The fraction of sp³-hybridized carbons (Fsp3) is 0.360. The summed E-state index contributed by atoms with van der Waals surface area (Å²) in [5.74, 6) is -2.46. The molecule has 0 bridgehead atoms. The SMILES string of the molecule is Cc1nc(-c2cc3cn(C)nc3cc2OC(=O)C(F)(F)F)nc2ccc(N3C[C@@H](C)N[C@@H](C)C3)cc12. The summed E-state index contributed by atoms with van der Waals surface area (Å²) in [5.41, 5.74) is 2.91. The first-order chi connectivity index (χ1) is 17.0. The Bertz CT molecular complexity index is 1470. The van der Waals surface area contributed by atoms with Crippen LogP contribution in [-0.4, -0.2) is 57.1 Å². The second-order valence-corrected chi connectivity index (χ2v) is 9.31. The first kappa shape index (κ1) is 24.0. The maximum absolute atomic E-state index is 13.0. The van der Waals surface area contributed by atoms with Crippen LogP contribution in [0.25, 0.3) is 33.2 Å². The van der Waals surface area contributed by atoms with E-state index in [1.165, 1.54) is 10.7 Å². The van der Waals surface area contributed by atoms with Gasteiger partial charge in [-0.25, -0.2) is 14.8 Å². The van der Waals surface area contributed by atoms with Crippen molar-refractivity contribution in [1.82, 2.24) is 25.1 Å². The van der Waals surface area contributed by atoms with Crippen LogP contribution in [0.15, 0.2) is 36.5 Å². The molecule has 11 heteroatoms. The molecule has 0 spiro atoms. The molecule has 36 heavy (non-hydrogen) atoms. The number of nitrogens with zero attached hydrogens (tertiary/aromatic N) is 5. The van der Waals surface area contributed by atoms with Gasteiger partial charge in [-0.1, -0.05) is 0 Å². The van der Waals surface area contributed by atoms with Gasteiger partial charge in [0.25, 0.3) is 0 Å². The monoisotopic (exact) mass is 498 g/mol. The Kier molecular flexibility index (Phi) is 5.82. The molecule has 1 aliphatic rings. The number of fused-ring (bicyclic) bond motifs is 2. The van der Waals surface area contributed by atoms with Gasteiger partial charge in [-0.2, -0.15) is 18.3 Å². The summed E-state index contributed by atoms with van der Waals surface area (Å²) >= 11 is 0. The van der Waals surface area contributed by atoms with Crippen molar-refractivity contribution in [2.24, 2.45) is 7.05 Å². The number of alkyl halides is 3. The summed E-state index contributed by atoms with van der Waals surface area (Å²) in [5, 5.41) is 9.21. The molecule has 188 valence electrons. The molecular formula is C25H25F3N6O2. The number of piperazine rings is 1. The Morgan fingerprint density at radius 2 is 1.81 bits per heavy atom. The Morgan fingerprint density at radius 3 is 2.50 bits per heavy atom. The molecule has 0 saturated carbocycles. The quantitative estimate of drug-likeness (QED) is 0.336. The first-order valence-electron chi connectivity index (χ1n) is 11.5. The number of nitrogens with one attached hydrogen (secondary N) is 1. The lowest BCUT2D eigenvalue weighted by molar-refractivity contribution is -0.189. The van der Waals surface area contributed by atoms with Gasteiger partial charge in [-0.15, -0.1) is 0 Å². The lowest BCUT2D eigenvalue weighted by Crippen LogP contribution is -2.54. The summed E-state index contributed by atoms with van der Waals surface area (Å²) in [7, 11) is 1.69. The number of carbonyl (C=O) groups is 1. The Hall–Kier alpha value is -3.73. The van der Waals surface area contributed by atoms with E-state index in [4.69, 9.17) is 4.74 Å². The van der Waals surface area contributed by atoms with Crippen LogP contribution in [0.1, 0.15) is 19.5 Å². The summed E-state index contributed by atoms with van der Waals surface area (Å²) in [6.45, 7) is 7.85. The minimum atomic E-state index is -5.15. The average molecular weight is 499 g/mol. The van der Waals surface area contributed by atoms with E-state index >= 15 is 0 Å². The molecule has 1 fully saturated rings. The Balaban J connectivity index is 1.59. The van der Waals surface area contributed by atoms with E-state index in [0.29, 0.717) is 34.2 Å². The number of benzene rings is 2. The van der Waals surface area contributed by atoms with Gasteiger partial charge in [0.2, 0.25) is 0 Å². The third-order valence-electron chi connectivity index (χ3n) is 6.19. The lowest BCUT2D eigenvalue weighted by Gasteiger charge is -2.37. The molecule has 4 aromatic rings. The van der Waals surface area contributed by atoms with Crippen molar-refractivity contribution in [2.75, 3.05) is 18.0 Å². The minimum Gasteiger partial charge on any atom is -0.419 e. The zero-order chi connectivity index (χ0) is 25.8. The molecule has 0 unspecified atom stereocenters. The van der Waals surface area contributed by atoms with E-state index < -0.39 is 12.1 Å². The fourth-order valence-electron chi connectivity index (χ4n) is 4.72. The maximum Gasteiger partial charge on any atom is 0.491 e. The van der Waals surface area contributed by atoms with Gasteiger partial charge in [0, 0.05) is 66.6 Å². The van der Waals surface area contributed by atoms with Crippen molar-refractivity contribution in [3.8, 4) is 17.1 Å². The van der Waals surface area contributed by atoms with Crippen LogP contribution in [0.5, 0.6) is 5.75 Å². The van der Waals surface area contributed by atoms with E-state index in [0.717, 1.165) is 24.2 Å². The second-order valence-electron chi connectivity index (χ2n) is 9.31. The first-order valence-corrected chi connectivity index (χ1v) is 11.5. The van der Waals surface area contributed by atoms with Gasteiger partial charge in [0.1, 0.15) is 5.75 Å². The highest BCUT2D eigenvalue weighted by Gasteiger charge is 2.42. The fourth-order valence-corrected chi connectivity index (χ4v) is 4.72. The molecule has 1 N–H and O–H groups in total. The molecule has 0 radical (unpaired) electrons. The molecular weight excluding hydrogens is 473 g/mol. The normalized spacial score (nSPS) is 18.7. The van der Waals surface area contributed by atoms with Crippen molar-refractivity contribution < 1.29 is 22.7 Å². The van der Waals surface area contributed by atoms with Gasteiger partial charge in [0.05, 0.1) is 16.6 Å². The number of ether oxygens (including phenoxy) is 1. The number of esters is 1. The van der Waals surface area contributed by atoms with Crippen LogP contribution in [0.4, 0.5) is 18.9 Å². The predicted octanol–water partition coefficient (Wildman–Crippen LogP) is 4.15. The summed E-state index contributed by atoms with van der Waals surface area (Å²) in [4.78, 5) is 23.2. The van der Waals surface area contributed by atoms with Crippen LogP contribution in [0.2, 0.25) is 0 Å². The molecule has 8 nitrogen and oxygen atoms in total. The van der Waals surface area contributed by atoms with Crippen LogP contribution >= 0.6 is 0 Å². The predicted molar refractivity (Wildman–Crippen MR) is 130 cm³/mol. The molecule has 1 saturated heterocycles. The lowest BCUT2D eigenvalue weighted by atomic mass is 10.1. The number of anilines is 1. The van der Waals surface area contributed by atoms with Crippen LogP contribution in [-0.2, 0) is 11.8 Å². The highest BCUT2D eigenvalue weighted by molar-refractivity contribution is 5.91. The molecule has 0 aliphatic carbocycles. The van der Waals surface area contributed by atoms with Gasteiger partial charge >= 0.3 is 12.1 Å². The molecule has 2 atom stereocenters. The average Bonchev–Trinajstić information content (AvgIpc) is 3.16. The summed E-state index contributed by atoms with van der Waals surface area (Å²) in [6.07, 6.45) is -3.43. The standard InChI is InChI=1S/C25H25F3N6O2/c1-13-10-34(11-14(2)29-13)17-5-6-20-18(8-17)15(3)30-23(31-20)19-7-16-12-33(4)32-21(16)9-22(19)36-24(35)25(26,27)28/h5-9,12-14,29H,10-11H2,1-4H3/t13-,14+. The third-order valence-corrected chi connectivity index (χ3v) is 6.19. The summed E-state index contributed by atoms with van der Waals surface area (Å²) < 4.78 is 45.2. The van der Waals surface area contributed by atoms with Crippen LogP contribution < -0.4 is 15.0 Å². The van der Waals surface area contributed by atoms with E-state index in [9.17, 15) is 18.0 Å². The number of hydrogen-bond acceptors (Lipinski definition) is 7. The minimum absolute atomic E-state index is 0.160. The van der Waals surface area contributed by atoms with Gasteiger partial charge in [0.15, 0.2) is 5.82 Å². The molecule has 3 heterocycles. The Morgan fingerprint density at radius 1 is 1.08 bits per heavy atom. The largest absolute Gasteiger partial charge is 0.491 e. The smallest absolute Gasteiger partial charge is 0.419 e. The van der Waals surface area contributed by atoms with E-state index in [-0.39, 0.29) is 17.1 Å². The van der Waals surface area contributed by atoms with Gasteiger partial charge in [-0.3, -0.25) is 4.68 Å². The number of aromatic nitrogens is 4. The number of rotatable bonds is 3. The number of hydrogen-bond donors (Lipinski definition) is 1. The van der Waals surface area contributed by atoms with Crippen molar-refractivity contribution >= 4 is 33.5 Å². The van der Waals surface area contributed by atoms with E-state index in [1.807, 2.05) is 25.1 Å². The highest BCUT2D eigenvalue weighted by Crippen LogP contribution is 2.35. The van der Waals surface area contributed by atoms with Crippen molar-refractivity contribution in [2.45, 2.75) is 39.0 Å².